The lowest BCUT2D eigenvalue weighted by molar-refractivity contribution is -0.121. The van der Waals surface area contributed by atoms with Gasteiger partial charge in [-0.15, -0.1) is 0 Å². The van der Waals surface area contributed by atoms with Gasteiger partial charge < -0.3 is 5.73 Å². The Labute approximate surface area is 74.5 Å². The molecule has 0 spiro atoms. The van der Waals surface area contributed by atoms with Gasteiger partial charge in [-0.05, 0) is 19.8 Å². The summed E-state index contributed by atoms with van der Waals surface area (Å²) in [5.41, 5.74) is 5.93. The molecular formula is C10H19NO. The summed E-state index contributed by atoms with van der Waals surface area (Å²) in [5, 5.41) is 0. The van der Waals surface area contributed by atoms with Crippen LogP contribution in [-0.4, -0.2) is 11.8 Å². The molecule has 2 heteroatoms. The molecule has 2 atom stereocenters. The predicted octanol–water partition coefficient (Wildman–Crippen LogP) is 1.87. The maximum absolute atomic E-state index is 11.2. The minimum absolute atomic E-state index is 0.128. The van der Waals surface area contributed by atoms with Crippen LogP contribution in [0, 0.1) is 5.92 Å². The number of hydrogen-bond donors (Lipinski definition) is 1. The SMILES string of the molecule is CC(=O)[C@H]1CCCCCC[C@H]1N. The Morgan fingerprint density at radius 2 is 1.75 bits per heavy atom. The topological polar surface area (TPSA) is 43.1 Å². The van der Waals surface area contributed by atoms with Crippen molar-refractivity contribution in [3.05, 3.63) is 0 Å². The zero-order chi connectivity index (χ0) is 8.97. The van der Waals surface area contributed by atoms with Crippen LogP contribution >= 0.6 is 0 Å². The van der Waals surface area contributed by atoms with Crippen LogP contribution in [0.4, 0.5) is 0 Å². The van der Waals surface area contributed by atoms with Crippen LogP contribution in [0.5, 0.6) is 0 Å². The van der Waals surface area contributed by atoms with Crippen molar-refractivity contribution >= 4 is 5.78 Å². The zero-order valence-electron chi connectivity index (χ0n) is 7.88. The molecule has 1 aliphatic rings. The molecule has 70 valence electrons. The molecule has 0 bridgehead atoms. The van der Waals surface area contributed by atoms with Gasteiger partial charge >= 0.3 is 0 Å². The van der Waals surface area contributed by atoms with E-state index < -0.39 is 0 Å². The molecule has 2 N–H and O–H groups in total. The summed E-state index contributed by atoms with van der Waals surface area (Å²) < 4.78 is 0. The third-order valence-electron chi connectivity index (χ3n) is 2.84. The highest BCUT2D eigenvalue weighted by atomic mass is 16.1. The average molecular weight is 169 g/mol. The fraction of sp³-hybridized carbons (Fsp3) is 0.900. The van der Waals surface area contributed by atoms with Gasteiger partial charge in [0.15, 0.2) is 0 Å². The lowest BCUT2D eigenvalue weighted by atomic mass is 9.85. The molecule has 0 aromatic carbocycles. The van der Waals surface area contributed by atoms with Gasteiger partial charge in [-0.25, -0.2) is 0 Å². The van der Waals surface area contributed by atoms with Gasteiger partial charge in [0.1, 0.15) is 5.78 Å². The number of nitrogens with two attached hydrogens (primary N) is 1. The predicted molar refractivity (Wildman–Crippen MR) is 49.8 cm³/mol. The summed E-state index contributed by atoms with van der Waals surface area (Å²) in [6.45, 7) is 1.67. The molecule has 0 unspecified atom stereocenters. The summed E-state index contributed by atoms with van der Waals surface area (Å²) in [6.07, 6.45) is 6.98. The van der Waals surface area contributed by atoms with E-state index in [0.717, 1.165) is 12.8 Å². The lowest BCUT2D eigenvalue weighted by Crippen LogP contribution is -2.35. The van der Waals surface area contributed by atoms with E-state index in [-0.39, 0.29) is 17.7 Å². The highest BCUT2D eigenvalue weighted by Gasteiger charge is 2.22. The van der Waals surface area contributed by atoms with Gasteiger partial charge in [0.2, 0.25) is 0 Å². The van der Waals surface area contributed by atoms with Crippen molar-refractivity contribution in [2.45, 2.75) is 51.5 Å². The van der Waals surface area contributed by atoms with E-state index in [1.807, 2.05) is 0 Å². The molecule has 0 radical (unpaired) electrons. The second-order valence-electron chi connectivity index (χ2n) is 3.87. The fourth-order valence-electron chi connectivity index (χ4n) is 2.02. The lowest BCUT2D eigenvalue weighted by Gasteiger charge is -2.23. The monoisotopic (exact) mass is 169 g/mol. The quantitative estimate of drug-likeness (QED) is 0.651. The standard InChI is InChI=1S/C10H19NO/c1-8(12)9-6-4-2-3-5-7-10(9)11/h9-10H,2-7,11H2,1H3/t9-,10-/m1/s1. The Morgan fingerprint density at radius 1 is 1.17 bits per heavy atom. The minimum atomic E-state index is 0.128. The van der Waals surface area contributed by atoms with Crippen LogP contribution in [0.15, 0.2) is 0 Å². The number of hydrogen-bond acceptors (Lipinski definition) is 2. The van der Waals surface area contributed by atoms with Crippen molar-refractivity contribution in [2.75, 3.05) is 0 Å². The number of rotatable bonds is 1. The molecule has 1 rings (SSSR count). The van der Waals surface area contributed by atoms with E-state index in [1.165, 1.54) is 25.7 Å². The molecule has 0 aromatic rings. The zero-order valence-corrected chi connectivity index (χ0v) is 7.88. The van der Waals surface area contributed by atoms with Crippen LogP contribution in [0.25, 0.3) is 0 Å². The Balaban J connectivity index is 2.48. The molecule has 1 saturated carbocycles. The van der Waals surface area contributed by atoms with Crippen molar-refractivity contribution in [3.63, 3.8) is 0 Å². The normalized spacial score (nSPS) is 32.2. The molecule has 0 aliphatic heterocycles. The first-order valence-electron chi connectivity index (χ1n) is 4.98. The largest absolute Gasteiger partial charge is 0.327 e. The third-order valence-corrected chi connectivity index (χ3v) is 2.84. The molecule has 0 saturated heterocycles. The molecular weight excluding hydrogens is 150 g/mol. The van der Waals surface area contributed by atoms with Crippen LogP contribution in [0.1, 0.15) is 45.4 Å². The molecule has 1 aliphatic carbocycles. The van der Waals surface area contributed by atoms with Crippen LogP contribution in [0.2, 0.25) is 0 Å². The first kappa shape index (κ1) is 9.72. The van der Waals surface area contributed by atoms with Crippen LogP contribution in [0.3, 0.4) is 0 Å². The summed E-state index contributed by atoms with van der Waals surface area (Å²) >= 11 is 0. The fourth-order valence-corrected chi connectivity index (χ4v) is 2.02. The van der Waals surface area contributed by atoms with Crippen molar-refractivity contribution in [3.8, 4) is 0 Å². The average Bonchev–Trinajstić information content (AvgIpc) is 1.96. The van der Waals surface area contributed by atoms with E-state index >= 15 is 0 Å². The first-order chi connectivity index (χ1) is 5.72. The summed E-state index contributed by atoms with van der Waals surface area (Å²) in [6, 6.07) is 0.128. The highest BCUT2D eigenvalue weighted by Crippen LogP contribution is 2.21. The molecule has 0 amide bonds. The summed E-state index contributed by atoms with van der Waals surface area (Å²) in [5.74, 6) is 0.426. The van der Waals surface area contributed by atoms with Crippen molar-refractivity contribution in [2.24, 2.45) is 11.7 Å². The third kappa shape index (κ3) is 2.59. The van der Waals surface area contributed by atoms with Gasteiger partial charge in [0.25, 0.3) is 0 Å². The van der Waals surface area contributed by atoms with E-state index in [2.05, 4.69) is 0 Å². The second-order valence-corrected chi connectivity index (χ2v) is 3.87. The number of carbonyl (C=O) groups excluding carboxylic acids is 1. The van der Waals surface area contributed by atoms with Crippen molar-refractivity contribution in [1.29, 1.82) is 0 Å². The second kappa shape index (κ2) is 4.61. The Bertz CT molecular complexity index is 156. The Kier molecular flexibility index (Phi) is 3.73. The minimum Gasteiger partial charge on any atom is -0.327 e. The number of carbonyl (C=O) groups is 1. The Morgan fingerprint density at radius 3 is 2.33 bits per heavy atom. The van der Waals surface area contributed by atoms with Gasteiger partial charge in [0, 0.05) is 12.0 Å². The summed E-state index contributed by atoms with van der Waals surface area (Å²) in [7, 11) is 0. The van der Waals surface area contributed by atoms with Gasteiger partial charge in [0.05, 0.1) is 0 Å². The van der Waals surface area contributed by atoms with E-state index in [4.69, 9.17) is 5.73 Å². The van der Waals surface area contributed by atoms with Crippen molar-refractivity contribution < 1.29 is 4.79 Å². The van der Waals surface area contributed by atoms with Gasteiger partial charge in [-0.1, -0.05) is 25.7 Å². The van der Waals surface area contributed by atoms with E-state index in [0.29, 0.717) is 0 Å². The molecule has 2 nitrogen and oxygen atoms in total. The maximum atomic E-state index is 11.2. The summed E-state index contributed by atoms with van der Waals surface area (Å²) in [4.78, 5) is 11.2. The van der Waals surface area contributed by atoms with E-state index in [1.54, 1.807) is 6.92 Å². The van der Waals surface area contributed by atoms with Gasteiger partial charge in [-0.2, -0.15) is 0 Å². The highest BCUT2D eigenvalue weighted by molar-refractivity contribution is 5.78. The molecule has 12 heavy (non-hydrogen) atoms. The Hall–Kier alpha value is -0.370. The van der Waals surface area contributed by atoms with Crippen molar-refractivity contribution in [1.82, 2.24) is 0 Å². The molecule has 0 aromatic heterocycles. The van der Waals surface area contributed by atoms with Crippen LogP contribution in [-0.2, 0) is 4.79 Å². The first-order valence-corrected chi connectivity index (χ1v) is 4.98. The molecule has 1 fully saturated rings. The number of Topliss-reactive ketones (excluding diaryl/α,β-unsaturated/α-hetero) is 1. The molecule has 0 heterocycles. The van der Waals surface area contributed by atoms with Gasteiger partial charge in [-0.3, -0.25) is 4.79 Å². The number of ketones is 1. The smallest absolute Gasteiger partial charge is 0.134 e. The van der Waals surface area contributed by atoms with E-state index in [9.17, 15) is 4.79 Å². The maximum Gasteiger partial charge on any atom is 0.134 e. The van der Waals surface area contributed by atoms with Crippen LogP contribution < -0.4 is 5.73 Å².